The van der Waals surface area contributed by atoms with Gasteiger partial charge in [0, 0.05) is 36.4 Å². The molecule has 0 bridgehead atoms. The number of aromatic nitrogens is 4. The zero-order valence-electron chi connectivity index (χ0n) is 19.7. The van der Waals surface area contributed by atoms with Crippen LogP contribution in [-0.4, -0.2) is 61.6 Å². The van der Waals surface area contributed by atoms with E-state index in [-0.39, 0.29) is 11.9 Å². The number of hydrogen-bond acceptors (Lipinski definition) is 8. The maximum atomic E-state index is 12.1. The number of imide groups is 1. The number of halogens is 1. The largest absolute Gasteiger partial charge is 0.492 e. The lowest BCUT2D eigenvalue weighted by atomic mass is 10.0. The number of benzene rings is 1. The van der Waals surface area contributed by atoms with Crippen LogP contribution in [0.2, 0.25) is 0 Å². The molecule has 0 radical (unpaired) electrons. The molecule has 0 unspecified atom stereocenters. The Kier molecular flexibility index (Phi) is 6.63. The number of carbonyl (C=O) groups is 2. The van der Waals surface area contributed by atoms with Gasteiger partial charge in [-0.2, -0.15) is 0 Å². The van der Waals surface area contributed by atoms with E-state index in [1.165, 1.54) is 4.90 Å². The fraction of sp³-hybridized carbons (Fsp3) is 0.292. The second-order valence-corrected chi connectivity index (χ2v) is 10.7. The van der Waals surface area contributed by atoms with E-state index in [4.69, 9.17) is 4.74 Å². The van der Waals surface area contributed by atoms with Crippen LogP contribution < -0.4 is 15.4 Å². The van der Waals surface area contributed by atoms with Gasteiger partial charge in [0.1, 0.15) is 23.6 Å². The van der Waals surface area contributed by atoms with Crippen LogP contribution in [0.4, 0.5) is 10.7 Å². The average Bonchev–Trinajstić information content (AvgIpc) is 3.55. The second kappa shape index (κ2) is 9.86. The Morgan fingerprint density at radius 3 is 2.83 bits per heavy atom. The van der Waals surface area contributed by atoms with Crippen molar-refractivity contribution < 1.29 is 14.3 Å². The van der Waals surface area contributed by atoms with Crippen molar-refractivity contribution in [3.05, 3.63) is 53.7 Å². The van der Waals surface area contributed by atoms with Crippen molar-refractivity contribution in [2.75, 3.05) is 25.0 Å². The van der Waals surface area contributed by atoms with E-state index < -0.39 is 5.54 Å². The Balaban J connectivity index is 1.26. The second-order valence-electron chi connectivity index (χ2n) is 8.75. The van der Waals surface area contributed by atoms with E-state index in [2.05, 4.69) is 53.6 Å². The Bertz CT molecular complexity index is 1420. The molecule has 1 fully saturated rings. The predicted octanol–water partition coefficient (Wildman–Crippen LogP) is 4.14. The van der Waals surface area contributed by atoms with E-state index >= 15 is 0 Å². The van der Waals surface area contributed by atoms with E-state index in [1.807, 2.05) is 22.9 Å². The molecule has 36 heavy (non-hydrogen) atoms. The lowest BCUT2D eigenvalue weighted by Crippen LogP contribution is -2.46. The van der Waals surface area contributed by atoms with Gasteiger partial charge in [0.25, 0.3) is 5.91 Å². The number of nitrogens with one attached hydrogen (secondary N) is 2. The van der Waals surface area contributed by atoms with Gasteiger partial charge in [-0.05, 0) is 59.4 Å². The highest BCUT2D eigenvalue weighted by Crippen LogP contribution is 2.37. The number of hydrogen-bond donors (Lipinski definition) is 2. The summed E-state index contributed by atoms with van der Waals surface area (Å²) < 4.78 is 9.79. The van der Waals surface area contributed by atoms with Crippen molar-refractivity contribution in [3.8, 4) is 16.3 Å². The monoisotopic (exact) mass is 569 g/mol. The quantitative estimate of drug-likeness (QED) is 0.291. The van der Waals surface area contributed by atoms with E-state index in [1.54, 1.807) is 43.9 Å². The summed E-state index contributed by atoms with van der Waals surface area (Å²) in [5.74, 6) is 0.951. The molecule has 3 amide bonds. The van der Waals surface area contributed by atoms with Gasteiger partial charge in [-0.1, -0.05) is 0 Å². The number of thiophene rings is 1. The molecule has 5 rings (SSSR count). The van der Waals surface area contributed by atoms with Gasteiger partial charge in [-0.3, -0.25) is 10.1 Å². The molecule has 0 aliphatic carbocycles. The van der Waals surface area contributed by atoms with Crippen LogP contribution in [0.15, 0.2) is 53.7 Å². The maximum Gasteiger partial charge on any atom is 0.325 e. The minimum absolute atomic E-state index is 0.300. The molecule has 2 N–H and O–H groups in total. The Morgan fingerprint density at radius 2 is 2.08 bits per heavy atom. The third kappa shape index (κ3) is 4.91. The minimum Gasteiger partial charge on any atom is -0.492 e. The van der Waals surface area contributed by atoms with Crippen LogP contribution >= 0.6 is 27.3 Å². The third-order valence-corrected chi connectivity index (χ3v) is 7.66. The van der Waals surface area contributed by atoms with Crippen LogP contribution in [-0.2, 0) is 11.3 Å². The van der Waals surface area contributed by atoms with Crippen LogP contribution in [0.5, 0.6) is 5.75 Å². The standard InChI is InChI=1S/C24H24BrN7O3S/c1-24(2)21(33)30-23(34)32(24)8-6-27-22-28-13-17(25)20(29-22)19-12-15-11-16(3-4-18(15)36-19)35-10-9-31-7-5-26-14-31/h3-5,7,11-14H,6,8-10H2,1-2H3,(H,27,28,29)(H,30,33,34). The van der Waals surface area contributed by atoms with Gasteiger partial charge in [0.15, 0.2) is 0 Å². The topological polar surface area (TPSA) is 114 Å². The van der Waals surface area contributed by atoms with Crippen molar-refractivity contribution in [1.29, 1.82) is 0 Å². The number of carbonyl (C=O) groups excluding carboxylic acids is 2. The average molecular weight is 570 g/mol. The maximum absolute atomic E-state index is 12.1. The summed E-state index contributed by atoms with van der Waals surface area (Å²) in [7, 11) is 0. The van der Waals surface area contributed by atoms with Crippen molar-refractivity contribution in [3.63, 3.8) is 0 Å². The Morgan fingerprint density at radius 1 is 1.22 bits per heavy atom. The lowest BCUT2D eigenvalue weighted by Gasteiger charge is -2.27. The number of anilines is 1. The number of fused-ring (bicyclic) bond motifs is 1. The molecule has 1 saturated heterocycles. The Labute approximate surface area is 219 Å². The number of urea groups is 1. The first-order chi connectivity index (χ1) is 17.3. The first-order valence-electron chi connectivity index (χ1n) is 11.3. The lowest BCUT2D eigenvalue weighted by molar-refractivity contribution is -0.125. The molecule has 186 valence electrons. The summed E-state index contributed by atoms with van der Waals surface area (Å²) in [6.45, 7) is 5.46. The van der Waals surface area contributed by atoms with E-state index in [9.17, 15) is 9.59 Å². The first-order valence-corrected chi connectivity index (χ1v) is 12.9. The summed E-state index contributed by atoms with van der Waals surface area (Å²) in [6, 6.07) is 7.75. The Hall–Kier alpha value is -3.51. The van der Waals surface area contributed by atoms with Crippen LogP contribution in [0.3, 0.4) is 0 Å². The zero-order chi connectivity index (χ0) is 25.3. The number of ether oxygens (including phenoxy) is 1. The first kappa shape index (κ1) is 24.2. The molecule has 0 saturated carbocycles. The summed E-state index contributed by atoms with van der Waals surface area (Å²) in [4.78, 5) is 39.6. The summed E-state index contributed by atoms with van der Waals surface area (Å²) >= 11 is 5.20. The van der Waals surface area contributed by atoms with Gasteiger partial charge in [0.05, 0.1) is 22.2 Å². The van der Waals surface area contributed by atoms with Crippen molar-refractivity contribution in [2.24, 2.45) is 0 Å². The minimum atomic E-state index is -0.885. The van der Waals surface area contributed by atoms with Crippen LogP contribution in [0.1, 0.15) is 13.8 Å². The molecule has 4 aromatic rings. The van der Waals surface area contributed by atoms with Gasteiger partial charge < -0.3 is 19.5 Å². The van der Waals surface area contributed by atoms with Gasteiger partial charge >= 0.3 is 6.03 Å². The number of amides is 3. The van der Waals surface area contributed by atoms with Crippen LogP contribution in [0.25, 0.3) is 20.7 Å². The molecule has 4 heterocycles. The summed E-state index contributed by atoms with van der Waals surface area (Å²) in [5, 5.41) is 6.58. The molecular weight excluding hydrogens is 546 g/mol. The van der Waals surface area contributed by atoms with Gasteiger partial charge in [-0.15, -0.1) is 11.3 Å². The summed E-state index contributed by atoms with van der Waals surface area (Å²) in [6.07, 6.45) is 7.13. The van der Waals surface area contributed by atoms with E-state index in [0.29, 0.717) is 25.6 Å². The molecule has 1 aliphatic rings. The smallest absolute Gasteiger partial charge is 0.325 e. The molecule has 1 aromatic carbocycles. The molecule has 0 spiro atoms. The molecule has 0 atom stereocenters. The molecule has 1 aliphatic heterocycles. The van der Waals surface area contributed by atoms with Crippen LogP contribution in [0, 0.1) is 0 Å². The number of imidazole rings is 1. The molecule has 10 nitrogen and oxygen atoms in total. The fourth-order valence-corrected chi connectivity index (χ4v) is 5.48. The number of rotatable bonds is 9. The highest BCUT2D eigenvalue weighted by atomic mass is 79.9. The van der Waals surface area contributed by atoms with E-state index in [0.717, 1.165) is 37.4 Å². The van der Waals surface area contributed by atoms with Gasteiger partial charge in [-0.25, -0.2) is 19.7 Å². The molecule has 12 heteroatoms. The predicted molar refractivity (Wildman–Crippen MR) is 141 cm³/mol. The van der Waals surface area contributed by atoms with Crippen molar-refractivity contribution >= 4 is 55.2 Å². The highest BCUT2D eigenvalue weighted by molar-refractivity contribution is 9.10. The highest BCUT2D eigenvalue weighted by Gasteiger charge is 2.45. The summed E-state index contributed by atoms with van der Waals surface area (Å²) in [5.41, 5.74) is -0.116. The normalized spacial score (nSPS) is 14.9. The zero-order valence-corrected chi connectivity index (χ0v) is 22.1. The third-order valence-electron chi connectivity index (χ3n) is 5.96. The van der Waals surface area contributed by atoms with Crippen molar-refractivity contribution in [2.45, 2.75) is 25.9 Å². The number of nitrogens with zero attached hydrogens (tertiary/aromatic N) is 5. The van der Waals surface area contributed by atoms with Gasteiger partial charge in [0.2, 0.25) is 5.95 Å². The van der Waals surface area contributed by atoms with Crippen molar-refractivity contribution in [1.82, 2.24) is 29.7 Å². The molecule has 3 aromatic heterocycles. The fourth-order valence-electron chi connectivity index (χ4n) is 3.90. The molecular formula is C24H24BrN7O3S. The SMILES string of the molecule is CC1(C)C(=O)NC(=O)N1CCNc1ncc(Br)c(-c2cc3cc(OCCn4ccnc4)ccc3s2)n1.